The lowest BCUT2D eigenvalue weighted by molar-refractivity contribution is -0.134. The number of aryl methyl sites for hydroxylation is 2. The Kier molecular flexibility index (Phi) is 6.89. The fourth-order valence-electron chi connectivity index (χ4n) is 2.56. The molecule has 0 aliphatic rings. The number of primary amides is 1. The van der Waals surface area contributed by atoms with E-state index in [2.05, 4.69) is 15.1 Å². The Labute approximate surface area is 166 Å². The lowest BCUT2D eigenvalue weighted by Gasteiger charge is -2.08. The maximum Gasteiger partial charge on any atom is 0.300 e. The summed E-state index contributed by atoms with van der Waals surface area (Å²) in [7, 11) is 1.89. The largest absolute Gasteiger partial charge is 0.481 e. The van der Waals surface area contributed by atoms with Crippen LogP contribution >= 0.6 is 11.6 Å². The van der Waals surface area contributed by atoms with Gasteiger partial charge in [0.05, 0.1) is 25.0 Å². The Balaban J connectivity index is 0.000000640. The molecule has 1 amide bonds. The summed E-state index contributed by atoms with van der Waals surface area (Å²) in [5.41, 5.74) is 7.85. The molecular weight excluding hydrogens is 384 g/mol. The van der Waals surface area contributed by atoms with E-state index in [9.17, 15) is 4.79 Å². The minimum Gasteiger partial charge on any atom is -0.481 e. The van der Waals surface area contributed by atoms with Crippen LogP contribution in [0.3, 0.4) is 0 Å². The average Bonchev–Trinajstić information content (AvgIpc) is 3.11. The molecule has 0 fully saturated rings. The molecule has 0 unspecified atom stereocenters. The van der Waals surface area contributed by atoms with Crippen molar-refractivity contribution >= 4 is 23.5 Å². The highest BCUT2D eigenvalue weighted by atomic mass is 35.5. The van der Waals surface area contributed by atoms with Crippen molar-refractivity contribution in [3.8, 4) is 11.5 Å². The number of carboxylic acid groups (broad SMARTS) is 1. The van der Waals surface area contributed by atoms with Gasteiger partial charge in [-0.3, -0.25) is 9.59 Å². The first kappa shape index (κ1) is 21.1. The zero-order valence-electron chi connectivity index (χ0n) is 15.8. The monoisotopic (exact) mass is 404 g/mol. The van der Waals surface area contributed by atoms with E-state index < -0.39 is 11.9 Å². The van der Waals surface area contributed by atoms with Crippen LogP contribution in [0.5, 0.6) is 0 Å². The molecule has 2 aromatic heterocycles. The van der Waals surface area contributed by atoms with Gasteiger partial charge in [0, 0.05) is 19.0 Å². The maximum absolute atomic E-state index is 11.2. The van der Waals surface area contributed by atoms with E-state index in [4.69, 9.17) is 27.2 Å². The van der Waals surface area contributed by atoms with Crippen LogP contribution in [-0.2, 0) is 29.6 Å². The molecule has 28 heavy (non-hydrogen) atoms. The third kappa shape index (κ3) is 5.40. The van der Waals surface area contributed by atoms with Gasteiger partial charge in [-0.25, -0.2) is 14.6 Å². The van der Waals surface area contributed by atoms with Crippen molar-refractivity contribution < 1.29 is 14.7 Å². The molecule has 0 aliphatic carbocycles. The van der Waals surface area contributed by atoms with Crippen molar-refractivity contribution in [1.82, 2.24) is 24.3 Å². The van der Waals surface area contributed by atoms with Gasteiger partial charge >= 0.3 is 0 Å². The minimum atomic E-state index is -0.833. The SMILES string of the molecule is CC(=O)O.Cc1ncn(C)c1-c1nc(CC(N)=O)nn1Cc1ccccc1Cl. The molecule has 0 radical (unpaired) electrons. The van der Waals surface area contributed by atoms with Gasteiger partial charge in [0.15, 0.2) is 11.6 Å². The smallest absolute Gasteiger partial charge is 0.300 e. The van der Waals surface area contributed by atoms with Gasteiger partial charge in [0.2, 0.25) is 5.91 Å². The number of amides is 1. The number of carbonyl (C=O) groups excluding carboxylic acids is 1. The van der Waals surface area contributed by atoms with Crippen LogP contribution in [0.2, 0.25) is 5.02 Å². The summed E-state index contributed by atoms with van der Waals surface area (Å²) in [6, 6.07) is 7.54. The first-order valence-electron chi connectivity index (χ1n) is 8.32. The Morgan fingerprint density at radius 2 is 1.93 bits per heavy atom. The number of halogens is 1. The zero-order valence-corrected chi connectivity index (χ0v) is 16.5. The number of aromatic nitrogens is 5. The van der Waals surface area contributed by atoms with E-state index in [1.165, 1.54) is 0 Å². The second-order valence-corrected chi connectivity index (χ2v) is 6.46. The summed E-state index contributed by atoms with van der Waals surface area (Å²) in [5.74, 6) is -0.299. The van der Waals surface area contributed by atoms with Crippen molar-refractivity contribution in [2.75, 3.05) is 0 Å². The lowest BCUT2D eigenvalue weighted by atomic mass is 10.2. The van der Waals surface area contributed by atoms with E-state index in [-0.39, 0.29) is 6.42 Å². The summed E-state index contributed by atoms with van der Waals surface area (Å²) in [5, 5.41) is 12.5. The van der Waals surface area contributed by atoms with Gasteiger partial charge in [0.1, 0.15) is 5.69 Å². The molecule has 3 aromatic rings. The molecule has 0 saturated heterocycles. The predicted octanol–water partition coefficient (Wildman–Crippen LogP) is 1.81. The first-order chi connectivity index (χ1) is 13.2. The number of carbonyl (C=O) groups is 2. The Morgan fingerprint density at radius 1 is 1.29 bits per heavy atom. The third-order valence-electron chi connectivity index (χ3n) is 3.66. The lowest BCUT2D eigenvalue weighted by Crippen LogP contribution is -2.15. The van der Waals surface area contributed by atoms with E-state index in [0.717, 1.165) is 23.9 Å². The molecule has 9 nitrogen and oxygen atoms in total. The average molecular weight is 405 g/mol. The summed E-state index contributed by atoms with van der Waals surface area (Å²) >= 11 is 6.25. The van der Waals surface area contributed by atoms with Gasteiger partial charge in [-0.05, 0) is 18.6 Å². The van der Waals surface area contributed by atoms with Gasteiger partial charge in [-0.15, -0.1) is 0 Å². The van der Waals surface area contributed by atoms with Crippen molar-refractivity contribution in [2.45, 2.75) is 26.8 Å². The highest BCUT2D eigenvalue weighted by Gasteiger charge is 2.19. The van der Waals surface area contributed by atoms with E-state index in [1.54, 1.807) is 11.0 Å². The normalized spacial score (nSPS) is 10.3. The molecule has 0 bridgehead atoms. The fourth-order valence-corrected chi connectivity index (χ4v) is 2.76. The Hall–Kier alpha value is -3.20. The molecule has 1 aromatic carbocycles. The maximum atomic E-state index is 11.2. The molecule has 0 spiro atoms. The molecule has 3 rings (SSSR count). The fraction of sp³-hybridized carbons (Fsp3) is 0.278. The highest BCUT2D eigenvalue weighted by Crippen LogP contribution is 2.23. The number of hydrogen-bond acceptors (Lipinski definition) is 5. The van der Waals surface area contributed by atoms with Crippen molar-refractivity contribution in [1.29, 1.82) is 0 Å². The van der Waals surface area contributed by atoms with Crippen molar-refractivity contribution in [3.63, 3.8) is 0 Å². The Morgan fingerprint density at radius 3 is 2.46 bits per heavy atom. The van der Waals surface area contributed by atoms with E-state index >= 15 is 0 Å². The molecule has 10 heteroatoms. The topological polar surface area (TPSA) is 129 Å². The molecular formula is C18H21ClN6O3. The van der Waals surface area contributed by atoms with Gasteiger partial charge in [-0.1, -0.05) is 29.8 Å². The second-order valence-electron chi connectivity index (χ2n) is 6.05. The first-order valence-corrected chi connectivity index (χ1v) is 8.70. The molecule has 0 aliphatic heterocycles. The quantitative estimate of drug-likeness (QED) is 0.667. The molecule has 0 saturated carbocycles. The van der Waals surface area contributed by atoms with Gasteiger partial charge < -0.3 is 15.4 Å². The van der Waals surface area contributed by atoms with Crippen LogP contribution in [0.15, 0.2) is 30.6 Å². The van der Waals surface area contributed by atoms with Crippen LogP contribution in [0.4, 0.5) is 0 Å². The van der Waals surface area contributed by atoms with Crippen LogP contribution in [0, 0.1) is 6.92 Å². The minimum absolute atomic E-state index is 0.0145. The summed E-state index contributed by atoms with van der Waals surface area (Å²) < 4.78 is 3.60. The summed E-state index contributed by atoms with van der Waals surface area (Å²) in [6.45, 7) is 3.42. The van der Waals surface area contributed by atoms with Gasteiger partial charge in [0.25, 0.3) is 5.97 Å². The van der Waals surface area contributed by atoms with Crippen LogP contribution in [0.1, 0.15) is 24.0 Å². The standard InChI is InChI=1S/C16H17ClN6O.C2H4O2/c1-10-15(22(2)9-19-10)16-20-14(7-13(18)24)21-23(16)8-11-5-3-4-6-12(11)17;1-2(3)4/h3-6,9H,7-8H2,1-2H3,(H2,18,24);1H3,(H,3,4). The number of hydrogen-bond donors (Lipinski definition) is 2. The number of imidazole rings is 1. The van der Waals surface area contributed by atoms with E-state index in [1.807, 2.05) is 42.8 Å². The number of rotatable bonds is 5. The van der Waals surface area contributed by atoms with Crippen LogP contribution < -0.4 is 5.73 Å². The molecule has 2 heterocycles. The number of nitrogens with zero attached hydrogens (tertiary/aromatic N) is 5. The number of aliphatic carboxylic acids is 1. The van der Waals surface area contributed by atoms with Crippen LogP contribution in [-0.4, -0.2) is 41.3 Å². The molecule has 148 valence electrons. The Bertz CT molecular complexity index is 972. The molecule has 3 N–H and O–H groups in total. The number of benzene rings is 1. The highest BCUT2D eigenvalue weighted by molar-refractivity contribution is 6.31. The van der Waals surface area contributed by atoms with Crippen LogP contribution in [0.25, 0.3) is 11.5 Å². The summed E-state index contributed by atoms with van der Waals surface area (Å²) in [6.07, 6.45) is 1.70. The number of nitrogens with two attached hydrogens (primary N) is 1. The third-order valence-corrected chi connectivity index (χ3v) is 4.03. The van der Waals surface area contributed by atoms with Crippen molar-refractivity contribution in [3.05, 3.63) is 52.7 Å². The van der Waals surface area contributed by atoms with Gasteiger partial charge in [-0.2, -0.15) is 5.10 Å². The van der Waals surface area contributed by atoms with Crippen molar-refractivity contribution in [2.24, 2.45) is 12.8 Å². The predicted molar refractivity (Wildman–Crippen MR) is 104 cm³/mol. The molecule has 0 atom stereocenters. The number of carboxylic acids is 1. The second kappa shape index (κ2) is 9.14. The summed E-state index contributed by atoms with van der Waals surface area (Å²) in [4.78, 5) is 29.0. The van der Waals surface area contributed by atoms with E-state index in [0.29, 0.717) is 23.2 Å². The zero-order chi connectivity index (χ0) is 20.8.